The molecule has 3 nitrogen and oxygen atoms in total. The molecule has 0 aliphatic heterocycles. The van der Waals surface area contributed by atoms with E-state index in [0.717, 1.165) is 6.61 Å². The van der Waals surface area contributed by atoms with Gasteiger partial charge in [-0.3, -0.25) is 0 Å². The number of aliphatic hydroxyl groups is 2. The molecule has 9 heavy (non-hydrogen) atoms. The topological polar surface area (TPSA) is 49.7 Å². The fraction of sp³-hybridized carbons (Fsp3) is 0.500. The molecule has 0 aromatic rings. The summed E-state index contributed by atoms with van der Waals surface area (Å²) in [6, 6.07) is 0. The lowest BCUT2D eigenvalue weighted by Gasteiger charge is -2.03. The van der Waals surface area contributed by atoms with Gasteiger partial charge in [-0.15, -0.1) is 6.42 Å². The van der Waals surface area contributed by atoms with Crippen LogP contribution in [0.4, 0.5) is 0 Å². The van der Waals surface area contributed by atoms with Gasteiger partial charge in [0, 0.05) is 0 Å². The van der Waals surface area contributed by atoms with Gasteiger partial charge in [0.15, 0.2) is 6.61 Å². The minimum Gasteiger partial charge on any atom is -0.394 e. The molecule has 1 atom stereocenters. The number of terminal acetylenes is 1. The lowest BCUT2D eigenvalue weighted by Crippen LogP contribution is -2.18. The van der Waals surface area contributed by atoms with Crippen molar-refractivity contribution in [1.29, 1.82) is 0 Å². The minimum absolute atomic E-state index is 0.0424. The number of hydrogen-bond donors (Lipinski definition) is 2. The second-order valence-electron chi connectivity index (χ2n) is 1.45. The maximum Gasteiger partial charge on any atom is 0.155 e. The van der Waals surface area contributed by atoms with Crippen molar-refractivity contribution in [3.05, 3.63) is 6.61 Å². The van der Waals surface area contributed by atoms with E-state index in [2.05, 4.69) is 10.7 Å². The van der Waals surface area contributed by atoms with E-state index < -0.39 is 6.10 Å². The third-order valence-electron chi connectivity index (χ3n) is 0.651. The fourth-order valence-corrected chi connectivity index (χ4v) is 0.260. The fourth-order valence-electron chi connectivity index (χ4n) is 0.260. The summed E-state index contributed by atoms with van der Waals surface area (Å²) < 4.78 is 4.56. The highest BCUT2D eigenvalue weighted by atomic mass is 16.5. The number of aliphatic hydroxyl groups excluding tert-OH is 2. The molecule has 0 rings (SSSR count). The molecule has 0 saturated carbocycles. The zero-order valence-electron chi connectivity index (χ0n) is 4.95. The summed E-state index contributed by atoms with van der Waals surface area (Å²) in [5, 5.41) is 16.9. The summed E-state index contributed by atoms with van der Waals surface area (Å²) in [7, 11) is 0. The van der Waals surface area contributed by atoms with Gasteiger partial charge in [-0.1, -0.05) is 5.92 Å². The Kier molecular flexibility index (Phi) is 5.23. The van der Waals surface area contributed by atoms with Gasteiger partial charge in [0.05, 0.1) is 13.2 Å². The zero-order valence-corrected chi connectivity index (χ0v) is 4.95. The molecule has 0 aromatic heterocycles. The van der Waals surface area contributed by atoms with E-state index in [1.54, 1.807) is 0 Å². The third-order valence-corrected chi connectivity index (χ3v) is 0.651. The monoisotopic (exact) mass is 129 g/mol. The van der Waals surface area contributed by atoms with Crippen molar-refractivity contribution in [3.63, 3.8) is 0 Å². The van der Waals surface area contributed by atoms with Crippen molar-refractivity contribution in [2.45, 2.75) is 6.10 Å². The third kappa shape index (κ3) is 5.31. The average molecular weight is 129 g/mol. The second kappa shape index (κ2) is 5.57. The van der Waals surface area contributed by atoms with Crippen LogP contribution in [0.1, 0.15) is 0 Å². The predicted octanol–water partition coefficient (Wildman–Crippen LogP) is -0.849. The van der Waals surface area contributed by atoms with Crippen molar-refractivity contribution in [3.8, 4) is 12.3 Å². The Balaban J connectivity index is 2.99. The first-order valence-electron chi connectivity index (χ1n) is 2.49. The van der Waals surface area contributed by atoms with Crippen molar-refractivity contribution in [2.75, 3.05) is 13.2 Å². The van der Waals surface area contributed by atoms with Crippen LogP contribution >= 0.6 is 0 Å². The smallest absolute Gasteiger partial charge is 0.155 e. The van der Waals surface area contributed by atoms with Crippen molar-refractivity contribution >= 4 is 0 Å². The molecule has 0 aliphatic carbocycles. The van der Waals surface area contributed by atoms with Crippen molar-refractivity contribution < 1.29 is 14.9 Å². The Hall–Kier alpha value is -0.560. The number of ether oxygens (including phenoxy) is 1. The van der Waals surface area contributed by atoms with Crippen LogP contribution in [0.25, 0.3) is 0 Å². The summed E-state index contributed by atoms with van der Waals surface area (Å²) in [5.41, 5.74) is 0. The van der Waals surface area contributed by atoms with E-state index in [9.17, 15) is 0 Å². The van der Waals surface area contributed by atoms with Crippen LogP contribution in [0, 0.1) is 19.0 Å². The standard InChI is InChI=1S/C6H9O3/c1-2-3-9-5-6(8)4-7/h1,3,6-8H,4-5H2. The van der Waals surface area contributed by atoms with Crippen molar-refractivity contribution in [1.82, 2.24) is 0 Å². The summed E-state index contributed by atoms with van der Waals surface area (Å²) in [4.78, 5) is 0. The number of hydrogen-bond acceptors (Lipinski definition) is 3. The lowest BCUT2D eigenvalue weighted by atomic mass is 10.4. The van der Waals surface area contributed by atoms with Crippen LogP contribution in [0.15, 0.2) is 0 Å². The molecule has 0 fully saturated rings. The normalized spacial score (nSPS) is 12.6. The highest BCUT2D eigenvalue weighted by molar-refractivity contribution is 4.94. The molecule has 0 heterocycles. The van der Waals surface area contributed by atoms with Crippen LogP contribution in [0.3, 0.4) is 0 Å². The van der Waals surface area contributed by atoms with Gasteiger partial charge in [-0.05, 0) is 0 Å². The van der Waals surface area contributed by atoms with Crippen LogP contribution in [-0.2, 0) is 4.74 Å². The first kappa shape index (κ1) is 8.44. The molecular formula is C6H9O3. The van der Waals surface area contributed by atoms with Crippen molar-refractivity contribution in [2.24, 2.45) is 0 Å². The van der Waals surface area contributed by atoms with Gasteiger partial charge in [0.2, 0.25) is 0 Å². The number of rotatable bonds is 4. The van der Waals surface area contributed by atoms with E-state index in [0.29, 0.717) is 0 Å². The molecular weight excluding hydrogens is 120 g/mol. The Labute approximate surface area is 54.3 Å². The van der Waals surface area contributed by atoms with E-state index in [1.165, 1.54) is 0 Å². The first-order valence-corrected chi connectivity index (χ1v) is 2.49. The minimum atomic E-state index is -0.838. The largest absolute Gasteiger partial charge is 0.394 e. The Morgan fingerprint density at radius 3 is 2.89 bits per heavy atom. The van der Waals surface area contributed by atoms with E-state index in [-0.39, 0.29) is 13.2 Å². The zero-order chi connectivity index (χ0) is 7.11. The molecule has 0 bridgehead atoms. The maximum absolute atomic E-state index is 8.62. The molecule has 0 aliphatic rings. The average Bonchev–Trinajstić information content (AvgIpc) is 1.89. The van der Waals surface area contributed by atoms with E-state index in [4.69, 9.17) is 16.6 Å². The van der Waals surface area contributed by atoms with Gasteiger partial charge in [-0.25, -0.2) is 0 Å². The van der Waals surface area contributed by atoms with Gasteiger partial charge in [0.25, 0.3) is 0 Å². The van der Waals surface area contributed by atoms with Gasteiger partial charge < -0.3 is 14.9 Å². The predicted molar refractivity (Wildman–Crippen MR) is 32.2 cm³/mol. The van der Waals surface area contributed by atoms with Crippen LogP contribution in [0.2, 0.25) is 0 Å². The summed E-state index contributed by atoms with van der Waals surface area (Å²) in [6.07, 6.45) is 3.94. The highest BCUT2D eigenvalue weighted by Crippen LogP contribution is 1.84. The van der Waals surface area contributed by atoms with Gasteiger partial charge in [-0.2, -0.15) is 0 Å². The lowest BCUT2D eigenvalue weighted by molar-refractivity contribution is 0.0312. The van der Waals surface area contributed by atoms with Crippen LogP contribution < -0.4 is 0 Å². The summed E-state index contributed by atoms with van der Waals surface area (Å²) in [6.45, 7) is 0.859. The molecule has 2 N–H and O–H groups in total. The quantitative estimate of drug-likeness (QED) is 0.384. The van der Waals surface area contributed by atoms with E-state index >= 15 is 0 Å². The summed E-state index contributed by atoms with van der Waals surface area (Å²) >= 11 is 0. The molecule has 1 radical (unpaired) electrons. The molecule has 1 unspecified atom stereocenters. The molecule has 51 valence electrons. The molecule has 3 heteroatoms. The Morgan fingerprint density at radius 1 is 1.78 bits per heavy atom. The summed E-state index contributed by atoms with van der Waals surface area (Å²) in [5.74, 6) is 2.11. The molecule has 0 saturated heterocycles. The van der Waals surface area contributed by atoms with E-state index in [1.807, 2.05) is 0 Å². The SMILES string of the molecule is C#C[CH]OCC(O)CO. The molecule has 0 amide bonds. The molecule has 0 aromatic carbocycles. The second-order valence-corrected chi connectivity index (χ2v) is 1.45. The van der Waals surface area contributed by atoms with Gasteiger partial charge >= 0.3 is 0 Å². The van der Waals surface area contributed by atoms with Crippen LogP contribution in [0.5, 0.6) is 0 Å². The highest BCUT2D eigenvalue weighted by Gasteiger charge is 1.99. The first-order chi connectivity index (χ1) is 4.31. The maximum atomic E-state index is 8.62. The Bertz CT molecular complexity index is 95.0. The van der Waals surface area contributed by atoms with Gasteiger partial charge in [0.1, 0.15) is 6.10 Å². The van der Waals surface area contributed by atoms with Crippen LogP contribution in [-0.4, -0.2) is 29.5 Å². The molecule has 0 spiro atoms. The Morgan fingerprint density at radius 2 is 2.44 bits per heavy atom.